The molecule has 0 fully saturated rings. The first-order valence-corrected chi connectivity index (χ1v) is 6.57. The van der Waals surface area contributed by atoms with Crippen molar-refractivity contribution in [2.24, 2.45) is 0 Å². The third kappa shape index (κ3) is 3.05. The smallest absolute Gasteiger partial charge is 0.0948 e. The van der Waals surface area contributed by atoms with Gasteiger partial charge in [0, 0.05) is 12.7 Å². The summed E-state index contributed by atoms with van der Waals surface area (Å²) < 4.78 is 2.16. The lowest BCUT2D eigenvalue weighted by Crippen LogP contribution is -2.07. The summed E-state index contributed by atoms with van der Waals surface area (Å²) in [6, 6.07) is 6.03. The van der Waals surface area contributed by atoms with Crippen molar-refractivity contribution in [2.75, 3.05) is 5.32 Å². The molecule has 0 aliphatic carbocycles. The molecule has 0 amide bonds. The molecule has 0 atom stereocenters. The number of benzene rings is 1. The first-order valence-electron chi connectivity index (χ1n) is 6.19. The molecular formula is C14H18ClN3. The summed E-state index contributed by atoms with van der Waals surface area (Å²) in [6.45, 7) is 5.93. The molecule has 0 saturated heterocycles. The second-order valence-corrected chi connectivity index (χ2v) is 4.82. The lowest BCUT2D eigenvalue weighted by molar-refractivity contribution is 0.651. The number of imidazole rings is 1. The quantitative estimate of drug-likeness (QED) is 0.888. The minimum absolute atomic E-state index is 0.739. The molecule has 0 saturated carbocycles. The van der Waals surface area contributed by atoms with Crippen molar-refractivity contribution < 1.29 is 0 Å². The minimum atomic E-state index is 0.739. The van der Waals surface area contributed by atoms with E-state index in [1.54, 1.807) is 0 Å². The molecule has 18 heavy (non-hydrogen) atoms. The number of hydrogen-bond acceptors (Lipinski definition) is 2. The van der Waals surface area contributed by atoms with E-state index in [1.165, 1.54) is 11.3 Å². The first-order chi connectivity index (χ1) is 8.70. The average molecular weight is 264 g/mol. The number of anilines is 1. The fourth-order valence-corrected chi connectivity index (χ4v) is 2.19. The lowest BCUT2D eigenvalue weighted by Gasteiger charge is -2.10. The topological polar surface area (TPSA) is 29.9 Å². The van der Waals surface area contributed by atoms with Crippen molar-refractivity contribution in [3.05, 3.63) is 47.0 Å². The molecule has 2 rings (SSSR count). The van der Waals surface area contributed by atoms with Crippen molar-refractivity contribution in [3.63, 3.8) is 0 Å². The van der Waals surface area contributed by atoms with Crippen LogP contribution in [0.3, 0.4) is 0 Å². The van der Waals surface area contributed by atoms with Crippen molar-refractivity contribution in [2.45, 2.75) is 33.4 Å². The Bertz CT molecular complexity index is 520. The Hall–Kier alpha value is -1.48. The van der Waals surface area contributed by atoms with Gasteiger partial charge >= 0.3 is 0 Å². The fourth-order valence-electron chi connectivity index (χ4n) is 1.89. The summed E-state index contributed by atoms with van der Waals surface area (Å²) in [4.78, 5) is 4.18. The normalized spacial score (nSPS) is 10.6. The van der Waals surface area contributed by atoms with Gasteiger partial charge in [-0.05, 0) is 31.0 Å². The highest BCUT2D eigenvalue weighted by molar-refractivity contribution is 6.33. The van der Waals surface area contributed by atoms with Crippen molar-refractivity contribution in [1.29, 1.82) is 0 Å². The zero-order chi connectivity index (χ0) is 13.0. The zero-order valence-electron chi connectivity index (χ0n) is 10.8. The molecule has 4 heteroatoms. The highest BCUT2D eigenvalue weighted by Crippen LogP contribution is 2.23. The average Bonchev–Trinajstić information content (AvgIpc) is 2.76. The molecule has 0 aliphatic rings. The van der Waals surface area contributed by atoms with Crippen LogP contribution >= 0.6 is 11.6 Å². The van der Waals surface area contributed by atoms with Crippen LogP contribution in [-0.4, -0.2) is 9.55 Å². The molecule has 2 aromatic rings. The molecule has 0 radical (unpaired) electrons. The number of hydrogen-bond donors (Lipinski definition) is 1. The first kappa shape index (κ1) is 13.0. The fraction of sp³-hybridized carbons (Fsp3) is 0.357. The van der Waals surface area contributed by atoms with E-state index in [1.807, 2.05) is 31.6 Å². The number of aromatic nitrogens is 2. The van der Waals surface area contributed by atoms with Gasteiger partial charge in [0.15, 0.2) is 0 Å². The van der Waals surface area contributed by atoms with Crippen molar-refractivity contribution in [3.8, 4) is 0 Å². The summed E-state index contributed by atoms with van der Waals surface area (Å²) >= 11 is 6.19. The van der Waals surface area contributed by atoms with E-state index < -0.39 is 0 Å². The summed E-state index contributed by atoms with van der Waals surface area (Å²) in [5.74, 6) is 0. The van der Waals surface area contributed by atoms with E-state index in [2.05, 4.69) is 27.9 Å². The predicted molar refractivity (Wildman–Crippen MR) is 76.0 cm³/mol. The molecule has 3 nitrogen and oxygen atoms in total. The highest BCUT2D eigenvalue weighted by atomic mass is 35.5. The van der Waals surface area contributed by atoms with Crippen LogP contribution in [0.25, 0.3) is 0 Å². The number of aryl methyl sites for hydroxylation is 2. The van der Waals surface area contributed by atoms with E-state index >= 15 is 0 Å². The van der Waals surface area contributed by atoms with Crippen LogP contribution in [0.5, 0.6) is 0 Å². The van der Waals surface area contributed by atoms with Gasteiger partial charge in [-0.3, -0.25) is 0 Å². The van der Waals surface area contributed by atoms with E-state index in [-0.39, 0.29) is 0 Å². The Morgan fingerprint density at radius 3 is 2.94 bits per heavy atom. The van der Waals surface area contributed by atoms with Crippen LogP contribution in [0.2, 0.25) is 5.02 Å². The maximum absolute atomic E-state index is 6.19. The molecule has 0 bridgehead atoms. The van der Waals surface area contributed by atoms with Gasteiger partial charge in [0.2, 0.25) is 0 Å². The van der Waals surface area contributed by atoms with E-state index in [9.17, 15) is 0 Å². The van der Waals surface area contributed by atoms with Gasteiger partial charge < -0.3 is 9.88 Å². The summed E-state index contributed by atoms with van der Waals surface area (Å²) in [5.41, 5.74) is 3.31. The molecule has 1 aromatic heterocycles. The summed E-state index contributed by atoms with van der Waals surface area (Å²) in [7, 11) is 0. The molecule has 1 heterocycles. The van der Waals surface area contributed by atoms with Gasteiger partial charge in [-0.2, -0.15) is 0 Å². The van der Waals surface area contributed by atoms with Gasteiger partial charge in [-0.15, -0.1) is 0 Å². The SMILES string of the molecule is CCCn1cncc1CNc1ccc(C)cc1Cl. The Balaban J connectivity index is 2.04. The maximum Gasteiger partial charge on any atom is 0.0948 e. The van der Waals surface area contributed by atoms with Crippen molar-refractivity contribution in [1.82, 2.24) is 9.55 Å². The van der Waals surface area contributed by atoms with Gasteiger partial charge in [-0.25, -0.2) is 4.98 Å². The van der Waals surface area contributed by atoms with Crippen LogP contribution < -0.4 is 5.32 Å². The molecule has 0 spiro atoms. The second-order valence-electron chi connectivity index (χ2n) is 4.42. The lowest BCUT2D eigenvalue weighted by atomic mass is 10.2. The third-order valence-corrected chi connectivity index (χ3v) is 3.16. The van der Waals surface area contributed by atoms with Crippen LogP contribution in [0, 0.1) is 6.92 Å². The summed E-state index contributed by atoms with van der Waals surface area (Å²) in [6.07, 6.45) is 4.87. The zero-order valence-corrected chi connectivity index (χ0v) is 11.5. The largest absolute Gasteiger partial charge is 0.378 e. The highest BCUT2D eigenvalue weighted by Gasteiger charge is 2.03. The molecule has 96 valence electrons. The predicted octanol–water partition coefficient (Wildman–Crippen LogP) is 3.87. The van der Waals surface area contributed by atoms with Gasteiger partial charge in [0.25, 0.3) is 0 Å². The summed E-state index contributed by atoms with van der Waals surface area (Å²) in [5, 5.41) is 4.11. The van der Waals surface area contributed by atoms with E-state index in [4.69, 9.17) is 11.6 Å². The third-order valence-electron chi connectivity index (χ3n) is 2.85. The Morgan fingerprint density at radius 1 is 1.39 bits per heavy atom. The molecule has 0 aliphatic heterocycles. The van der Waals surface area contributed by atoms with Crippen LogP contribution in [-0.2, 0) is 13.1 Å². The molecular weight excluding hydrogens is 246 g/mol. The van der Waals surface area contributed by atoms with Gasteiger partial charge in [-0.1, -0.05) is 24.6 Å². The minimum Gasteiger partial charge on any atom is -0.378 e. The second kappa shape index (κ2) is 5.91. The Labute approximate surface area is 113 Å². The Morgan fingerprint density at radius 2 is 2.22 bits per heavy atom. The number of halogens is 1. The van der Waals surface area contributed by atoms with Crippen LogP contribution in [0.1, 0.15) is 24.6 Å². The van der Waals surface area contributed by atoms with Crippen LogP contribution in [0.4, 0.5) is 5.69 Å². The standard InChI is InChI=1S/C14H18ClN3/c1-3-6-18-10-16-8-12(18)9-17-14-5-4-11(2)7-13(14)15/h4-5,7-8,10,17H,3,6,9H2,1-2H3. The van der Waals surface area contributed by atoms with Crippen LogP contribution in [0.15, 0.2) is 30.7 Å². The maximum atomic E-state index is 6.19. The van der Waals surface area contributed by atoms with Gasteiger partial charge in [0.05, 0.1) is 29.3 Å². The number of nitrogens with zero attached hydrogens (tertiary/aromatic N) is 2. The van der Waals surface area contributed by atoms with E-state index in [0.717, 1.165) is 30.2 Å². The number of rotatable bonds is 5. The van der Waals surface area contributed by atoms with Gasteiger partial charge in [0.1, 0.15) is 0 Å². The Kier molecular flexibility index (Phi) is 4.26. The molecule has 0 unspecified atom stereocenters. The molecule has 1 N–H and O–H groups in total. The monoisotopic (exact) mass is 263 g/mol. The van der Waals surface area contributed by atoms with Crippen molar-refractivity contribution >= 4 is 17.3 Å². The molecule has 1 aromatic carbocycles. The van der Waals surface area contributed by atoms with E-state index in [0.29, 0.717) is 0 Å². The number of nitrogens with one attached hydrogen (secondary N) is 1.